The summed E-state index contributed by atoms with van der Waals surface area (Å²) in [5, 5.41) is 7.08. The lowest BCUT2D eigenvalue weighted by atomic mass is 9.96. The van der Waals surface area contributed by atoms with Crippen LogP contribution in [0.25, 0.3) is 11.1 Å². The molecule has 2 aliphatic heterocycles. The van der Waals surface area contributed by atoms with Gasteiger partial charge in [-0.3, -0.25) is 9.59 Å². The summed E-state index contributed by atoms with van der Waals surface area (Å²) in [7, 11) is 0. The average Bonchev–Trinajstić information content (AvgIpc) is 3.26. The highest BCUT2D eigenvalue weighted by Gasteiger charge is 2.23. The molecule has 1 aromatic heterocycles. The summed E-state index contributed by atoms with van der Waals surface area (Å²) in [5.74, 6) is 1.40. The third-order valence-electron chi connectivity index (χ3n) is 7.28. The number of nitrogens with one attached hydrogen (secondary N) is 1. The lowest BCUT2D eigenvalue weighted by Crippen LogP contribution is -2.42. The van der Waals surface area contributed by atoms with E-state index in [1.165, 1.54) is 0 Å². The number of carbonyl (C=O) groups is 2. The van der Waals surface area contributed by atoms with E-state index in [-0.39, 0.29) is 17.9 Å². The first-order chi connectivity index (χ1) is 18.5. The molecule has 1 fully saturated rings. The van der Waals surface area contributed by atoms with Crippen LogP contribution in [0.5, 0.6) is 5.75 Å². The highest BCUT2D eigenvalue weighted by Crippen LogP contribution is 2.32. The van der Waals surface area contributed by atoms with Crippen molar-refractivity contribution in [3.05, 3.63) is 70.6 Å². The van der Waals surface area contributed by atoms with Gasteiger partial charge in [0.1, 0.15) is 18.1 Å². The van der Waals surface area contributed by atoms with Gasteiger partial charge in [0.2, 0.25) is 5.91 Å². The first kappa shape index (κ1) is 26.0. The van der Waals surface area contributed by atoms with Crippen molar-refractivity contribution in [2.75, 3.05) is 32.8 Å². The van der Waals surface area contributed by atoms with Gasteiger partial charge in [-0.15, -0.1) is 0 Å². The number of fused-ring (bicyclic) bond motifs is 3. The van der Waals surface area contributed by atoms with E-state index in [1.807, 2.05) is 50.2 Å². The average molecular weight is 518 g/mol. The van der Waals surface area contributed by atoms with Gasteiger partial charge in [-0.1, -0.05) is 23.4 Å². The Kier molecular flexibility index (Phi) is 8.08. The fourth-order valence-electron chi connectivity index (χ4n) is 5.28. The van der Waals surface area contributed by atoms with Gasteiger partial charge < -0.3 is 24.2 Å². The zero-order valence-electron chi connectivity index (χ0n) is 22.1. The third-order valence-corrected chi connectivity index (χ3v) is 7.28. The summed E-state index contributed by atoms with van der Waals surface area (Å²) in [5.41, 5.74) is 5.41. The molecule has 200 valence electrons. The maximum absolute atomic E-state index is 13.2. The fourth-order valence-corrected chi connectivity index (χ4v) is 5.28. The Morgan fingerprint density at radius 3 is 2.76 bits per heavy atom. The van der Waals surface area contributed by atoms with Crippen LogP contribution in [0, 0.1) is 13.8 Å². The molecule has 3 heterocycles. The highest BCUT2D eigenvalue weighted by atomic mass is 16.5. The Morgan fingerprint density at radius 2 is 1.97 bits per heavy atom. The minimum atomic E-state index is -0.145. The number of carbonyl (C=O) groups excluding carboxylic acids is 2. The largest absolute Gasteiger partial charge is 0.491 e. The normalized spacial score (nSPS) is 18.6. The van der Waals surface area contributed by atoms with Crippen LogP contribution in [0.15, 0.2) is 47.0 Å². The number of hydrogen-bond acceptors (Lipinski definition) is 6. The van der Waals surface area contributed by atoms with E-state index in [4.69, 9.17) is 14.0 Å². The van der Waals surface area contributed by atoms with Crippen LogP contribution in [0.4, 0.5) is 0 Å². The molecule has 1 unspecified atom stereocenters. The van der Waals surface area contributed by atoms with Gasteiger partial charge in [-0.2, -0.15) is 0 Å². The molecule has 5 rings (SSSR count). The SMILES string of the molecule is Cc1noc(C)c1-c1ccc2c(c1)Cc1cccc(c1)C(=O)NCCN(C(=O)CC1CCCCO1)CCO2. The molecular weight excluding hydrogens is 482 g/mol. The van der Waals surface area contributed by atoms with Crippen molar-refractivity contribution in [1.29, 1.82) is 0 Å². The van der Waals surface area contributed by atoms with E-state index in [0.717, 1.165) is 58.7 Å². The molecule has 0 radical (unpaired) electrons. The number of hydrogen-bond donors (Lipinski definition) is 1. The maximum Gasteiger partial charge on any atom is 0.251 e. The van der Waals surface area contributed by atoms with Crippen LogP contribution in [0.3, 0.4) is 0 Å². The summed E-state index contributed by atoms with van der Waals surface area (Å²) >= 11 is 0. The van der Waals surface area contributed by atoms with Gasteiger partial charge in [-0.25, -0.2) is 0 Å². The van der Waals surface area contributed by atoms with Crippen molar-refractivity contribution in [1.82, 2.24) is 15.4 Å². The second-order valence-electron chi connectivity index (χ2n) is 10.1. The number of aryl methyl sites for hydroxylation is 2. The van der Waals surface area contributed by atoms with Crippen molar-refractivity contribution < 1.29 is 23.6 Å². The molecule has 3 aromatic rings. The summed E-state index contributed by atoms with van der Waals surface area (Å²) in [6.45, 7) is 6.11. The quantitative estimate of drug-likeness (QED) is 0.551. The van der Waals surface area contributed by atoms with Gasteiger partial charge in [-0.05, 0) is 74.1 Å². The van der Waals surface area contributed by atoms with E-state index in [0.29, 0.717) is 51.3 Å². The molecule has 0 spiro atoms. The van der Waals surface area contributed by atoms with Crippen LogP contribution < -0.4 is 10.1 Å². The number of aromatic nitrogens is 1. The molecule has 2 aromatic carbocycles. The Hall–Kier alpha value is -3.65. The molecule has 1 atom stereocenters. The van der Waals surface area contributed by atoms with Crippen LogP contribution in [0.2, 0.25) is 0 Å². The zero-order valence-corrected chi connectivity index (χ0v) is 22.1. The summed E-state index contributed by atoms with van der Waals surface area (Å²) in [6, 6.07) is 13.7. The molecule has 2 bridgehead atoms. The van der Waals surface area contributed by atoms with Gasteiger partial charge in [0.05, 0.1) is 24.8 Å². The van der Waals surface area contributed by atoms with Crippen LogP contribution >= 0.6 is 0 Å². The van der Waals surface area contributed by atoms with Crippen molar-refractivity contribution in [3.8, 4) is 16.9 Å². The Labute approximate surface area is 223 Å². The minimum absolute atomic E-state index is 0.0258. The standard InChI is InChI=1S/C30H35N3O5/c1-20-29(21(2)38-32-20)23-9-10-27-25(18-23)17-22-6-5-7-24(16-22)30(35)31-11-12-33(13-15-37-27)28(34)19-26-8-3-4-14-36-26/h5-7,9-10,16,18,26H,3-4,8,11-15,17,19H2,1-2H3,(H,31,35). The number of nitrogens with zero attached hydrogens (tertiary/aromatic N) is 2. The number of amides is 2. The molecule has 1 saturated heterocycles. The van der Waals surface area contributed by atoms with E-state index < -0.39 is 0 Å². The Morgan fingerprint density at radius 1 is 1.08 bits per heavy atom. The molecular formula is C30H35N3O5. The monoisotopic (exact) mass is 517 g/mol. The maximum atomic E-state index is 13.2. The predicted molar refractivity (Wildman–Crippen MR) is 143 cm³/mol. The van der Waals surface area contributed by atoms with Crippen molar-refractivity contribution >= 4 is 11.8 Å². The predicted octanol–water partition coefficient (Wildman–Crippen LogP) is 4.46. The van der Waals surface area contributed by atoms with E-state index in [2.05, 4.69) is 16.5 Å². The van der Waals surface area contributed by atoms with Crippen LogP contribution in [-0.4, -0.2) is 60.8 Å². The van der Waals surface area contributed by atoms with Gasteiger partial charge in [0.25, 0.3) is 5.91 Å². The topological polar surface area (TPSA) is 93.9 Å². The van der Waals surface area contributed by atoms with Gasteiger partial charge >= 0.3 is 0 Å². The summed E-state index contributed by atoms with van der Waals surface area (Å²) in [6.07, 6.45) is 3.95. The van der Waals surface area contributed by atoms with E-state index in [9.17, 15) is 9.59 Å². The summed E-state index contributed by atoms with van der Waals surface area (Å²) in [4.78, 5) is 27.8. The number of ether oxygens (including phenoxy) is 2. The third kappa shape index (κ3) is 6.07. The highest BCUT2D eigenvalue weighted by molar-refractivity contribution is 5.94. The van der Waals surface area contributed by atoms with Crippen LogP contribution in [-0.2, 0) is 16.0 Å². The zero-order chi connectivity index (χ0) is 26.5. The summed E-state index contributed by atoms with van der Waals surface area (Å²) < 4.78 is 17.5. The number of rotatable bonds is 3. The van der Waals surface area contributed by atoms with E-state index >= 15 is 0 Å². The minimum Gasteiger partial charge on any atom is -0.491 e. The lowest BCUT2D eigenvalue weighted by molar-refractivity contribution is -0.135. The fraction of sp³-hybridized carbons (Fsp3) is 0.433. The number of benzene rings is 2. The molecule has 8 heteroatoms. The van der Waals surface area contributed by atoms with Crippen LogP contribution in [0.1, 0.15) is 58.6 Å². The van der Waals surface area contributed by atoms with Crippen molar-refractivity contribution in [2.45, 2.75) is 52.1 Å². The Bertz CT molecular complexity index is 1280. The first-order valence-corrected chi connectivity index (χ1v) is 13.4. The first-order valence-electron chi connectivity index (χ1n) is 13.4. The second-order valence-corrected chi connectivity index (χ2v) is 10.1. The molecule has 1 N–H and O–H groups in total. The van der Waals surface area contributed by atoms with Crippen molar-refractivity contribution in [3.63, 3.8) is 0 Å². The lowest BCUT2D eigenvalue weighted by Gasteiger charge is -2.27. The van der Waals surface area contributed by atoms with Gasteiger partial charge in [0, 0.05) is 37.2 Å². The molecule has 2 aliphatic rings. The Balaban J connectivity index is 1.42. The molecule has 38 heavy (non-hydrogen) atoms. The molecule has 8 nitrogen and oxygen atoms in total. The van der Waals surface area contributed by atoms with E-state index in [1.54, 1.807) is 4.90 Å². The van der Waals surface area contributed by atoms with Gasteiger partial charge in [0.15, 0.2) is 0 Å². The molecule has 0 saturated carbocycles. The van der Waals surface area contributed by atoms with Crippen molar-refractivity contribution in [2.24, 2.45) is 0 Å². The smallest absolute Gasteiger partial charge is 0.251 e. The second kappa shape index (κ2) is 11.8. The molecule has 0 aliphatic carbocycles. The molecule has 2 amide bonds.